The summed E-state index contributed by atoms with van der Waals surface area (Å²) in [4.78, 5) is 0. The molecule has 0 atom stereocenters. The quantitative estimate of drug-likeness (QED) is 0.592. The van der Waals surface area contributed by atoms with Gasteiger partial charge in [-0.15, -0.1) is 0 Å². The Morgan fingerprint density at radius 2 is 2.50 bits per heavy atom. The van der Waals surface area contributed by atoms with Crippen LogP contribution in [0.5, 0.6) is 0 Å². The normalized spacial score (nSPS) is 10.1. The van der Waals surface area contributed by atoms with Crippen LogP contribution < -0.4 is 0 Å². The Morgan fingerprint density at radius 1 is 1.60 bits per heavy atom. The fraction of sp³-hybridized carbons (Fsp3) is 0.375. The molecule has 55 valence electrons. The summed E-state index contributed by atoms with van der Waals surface area (Å²) in [5, 5.41) is 0. The van der Waals surface area contributed by atoms with Crippen molar-refractivity contribution in [2.75, 3.05) is 13.2 Å². The molecule has 0 aliphatic carbocycles. The van der Waals surface area contributed by atoms with Crippen molar-refractivity contribution in [1.29, 1.82) is 0 Å². The summed E-state index contributed by atoms with van der Waals surface area (Å²) in [6, 6.07) is 1.94. The second-order valence-corrected chi connectivity index (χ2v) is 1.99. The third-order valence-electron chi connectivity index (χ3n) is 1.26. The van der Waals surface area contributed by atoms with Gasteiger partial charge < -0.3 is 9.15 Å². The lowest BCUT2D eigenvalue weighted by molar-refractivity contribution is 0.164. The maximum atomic E-state index is 5.05. The molecule has 0 unspecified atom stereocenters. The molecule has 1 rings (SSSR count). The molecular formula is C8H11O2. The van der Waals surface area contributed by atoms with E-state index in [-0.39, 0.29) is 0 Å². The van der Waals surface area contributed by atoms with Crippen LogP contribution in [0.25, 0.3) is 0 Å². The molecule has 0 saturated heterocycles. The summed E-state index contributed by atoms with van der Waals surface area (Å²) in [6.07, 6.45) is 4.30. The average Bonchev–Trinajstić information content (AvgIpc) is 2.41. The van der Waals surface area contributed by atoms with Gasteiger partial charge >= 0.3 is 0 Å². The molecule has 2 heteroatoms. The van der Waals surface area contributed by atoms with Crippen LogP contribution in [0.4, 0.5) is 0 Å². The van der Waals surface area contributed by atoms with E-state index in [4.69, 9.17) is 9.15 Å². The molecule has 1 aromatic heterocycles. The van der Waals surface area contributed by atoms with Crippen molar-refractivity contribution >= 4 is 0 Å². The maximum Gasteiger partial charge on any atom is 0.0935 e. The van der Waals surface area contributed by atoms with Gasteiger partial charge in [0.15, 0.2) is 0 Å². The first kappa shape index (κ1) is 7.35. The third kappa shape index (κ3) is 2.23. The van der Waals surface area contributed by atoms with E-state index in [2.05, 4.69) is 6.92 Å². The van der Waals surface area contributed by atoms with E-state index in [0.29, 0.717) is 6.61 Å². The number of ether oxygens (including phenoxy) is 1. The molecule has 0 aliphatic heterocycles. The van der Waals surface area contributed by atoms with Crippen molar-refractivity contribution < 1.29 is 9.15 Å². The minimum atomic E-state index is 0.540. The van der Waals surface area contributed by atoms with Crippen LogP contribution in [-0.4, -0.2) is 13.2 Å². The number of furan rings is 1. The molecule has 0 spiro atoms. The molecule has 10 heavy (non-hydrogen) atoms. The van der Waals surface area contributed by atoms with E-state index in [9.17, 15) is 0 Å². The second kappa shape index (κ2) is 4.12. The average molecular weight is 139 g/mol. The molecule has 0 fully saturated rings. The molecule has 1 aromatic rings. The van der Waals surface area contributed by atoms with Gasteiger partial charge in [-0.2, -0.15) is 0 Å². The lowest BCUT2D eigenvalue weighted by Crippen LogP contribution is -1.96. The van der Waals surface area contributed by atoms with E-state index in [0.717, 1.165) is 13.0 Å². The summed E-state index contributed by atoms with van der Waals surface area (Å²) in [5.74, 6) is 0. The van der Waals surface area contributed by atoms with E-state index in [1.807, 2.05) is 6.07 Å². The highest BCUT2D eigenvalue weighted by molar-refractivity contribution is 5.04. The van der Waals surface area contributed by atoms with Crippen molar-refractivity contribution in [1.82, 2.24) is 0 Å². The van der Waals surface area contributed by atoms with Crippen molar-refractivity contribution in [2.24, 2.45) is 0 Å². The molecule has 0 amide bonds. The van der Waals surface area contributed by atoms with E-state index < -0.39 is 0 Å². The van der Waals surface area contributed by atoms with Crippen LogP contribution >= 0.6 is 0 Å². The summed E-state index contributed by atoms with van der Waals surface area (Å²) in [5.41, 5.74) is 1.17. The first-order valence-electron chi connectivity index (χ1n) is 3.31. The van der Waals surface area contributed by atoms with Gasteiger partial charge in [0.05, 0.1) is 19.1 Å². The van der Waals surface area contributed by atoms with E-state index >= 15 is 0 Å². The van der Waals surface area contributed by atoms with Gasteiger partial charge in [0.1, 0.15) is 0 Å². The predicted octanol–water partition coefficient (Wildman–Crippen LogP) is 1.67. The summed E-state index contributed by atoms with van der Waals surface area (Å²) >= 11 is 0. The van der Waals surface area contributed by atoms with Gasteiger partial charge in [-0.1, -0.05) is 0 Å². The zero-order valence-electron chi connectivity index (χ0n) is 5.88. The van der Waals surface area contributed by atoms with Gasteiger partial charge in [0.25, 0.3) is 0 Å². The Labute approximate surface area is 60.8 Å². The van der Waals surface area contributed by atoms with Crippen LogP contribution in [0.2, 0.25) is 0 Å². The zero-order valence-corrected chi connectivity index (χ0v) is 5.88. The molecule has 0 aliphatic rings. The lowest BCUT2D eigenvalue weighted by Gasteiger charge is -1.96. The highest BCUT2D eigenvalue weighted by Gasteiger charge is 1.91. The highest BCUT2D eigenvalue weighted by atomic mass is 16.5. The summed E-state index contributed by atoms with van der Waals surface area (Å²) in [7, 11) is 0. The Balaban J connectivity index is 2.15. The fourth-order valence-corrected chi connectivity index (χ4v) is 0.727. The van der Waals surface area contributed by atoms with Crippen LogP contribution in [0.3, 0.4) is 0 Å². The molecule has 0 N–H and O–H groups in total. The molecule has 0 aromatic carbocycles. The third-order valence-corrected chi connectivity index (χ3v) is 1.26. The monoisotopic (exact) mass is 139 g/mol. The van der Waals surface area contributed by atoms with Crippen LogP contribution in [-0.2, 0) is 11.2 Å². The minimum absolute atomic E-state index is 0.540. The molecule has 0 saturated carbocycles. The Hall–Kier alpha value is -0.760. The molecule has 1 radical (unpaired) electrons. The largest absolute Gasteiger partial charge is 0.472 e. The van der Waals surface area contributed by atoms with Crippen LogP contribution in [0, 0.1) is 6.92 Å². The minimum Gasteiger partial charge on any atom is -0.472 e. The molecule has 1 heterocycles. The zero-order chi connectivity index (χ0) is 7.23. The first-order valence-corrected chi connectivity index (χ1v) is 3.31. The SMILES string of the molecule is [CH2]COCCc1ccoc1. The van der Waals surface area contributed by atoms with Crippen LogP contribution in [0.1, 0.15) is 5.56 Å². The molecule has 0 bridgehead atoms. The van der Waals surface area contributed by atoms with Gasteiger partial charge in [0.2, 0.25) is 0 Å². The van der Waals surface area contributed by atoms with E-state index in [1.54, 1.807) is 12.5 Å². The lowest BCUT2D eigenvalue weighted by atomic mass is 10.3. The van der Waals surface area contributed by atoms with Crippen molar-refractivity contribution in [2.45, 2.75) is 6.42 Å². The summed E-state index contributed by atoms with van der Waals surface area (Å²) < 4.78 is 9.93. The van der Waals surface area contributed by atoms with E-state index in [1.165, 1.54) is 5.56 Å². The number of hydrogen-bond acceptors (Lipinski definition) is 2. The molecule has 2 nitrogen and oxygen atoms in total. The first-order chi connectivity index (χ1) is 4.93. The Bertz CT molecular complexity index is 156. The molecular weight excluding hydrogens is 128 g/mol. The fourth-order valence-electron chi connectivity index (χ4n) is 0.727. The van der Waals surface area contributed by atoms with Gasteiger partial charge in [-0.3, -0.25) is 0 Å². The van der Waals surface area contributed by atoms with Gasteiger partial charge in [-0.05, 0) is 25.0 Å². The standard InChI is InChI=1S/C8H11O2/c1-2-9-5-3-8-4-6-10-7-8/h4,6-7H,1-3,5H2. The van der Waals surface area contributed by atoms with Crippen LogP contribution in [0.15, 0.2) is 23.0 Å². The van der Waals surface area contributed by atoms with Crippen molar-refractivity contribution in [3.63, 3.8) is 0 Å². The summed E-state index contributed by atoms with van der Waals surface area (Å²) in [6.45, 7) is 4.82. The van der Waals surface area contributed by atoms with Crippen molar-refractivity contribution in [3.8, 4) is 0 Å². The smallest absolute Gasteiger partial charge is 0.0935 e. The number of rotatable bonds is 4. The van der Waals surface area contributed by atoms with Gasteiger partial charge in [-0.25, -0.2) is 0 Å². The topological polar surface area (TPSA) is 22.4 Å². The highest BCUT2D eigenvalue weighted by Crippen LogP contribution is 2.00. The maximum absolute atomic E-state index is 5.05. The Kier molecular flexibility index (Phi) is 3.03. The van der Waals surface area contributed by atoms with Crippen molar-refractivity contribution in [3.05, 3.63) is 31.1 Å². The number of hydrogen-bond donors (Lipinski definition) is 0. The Morgan fingerprint density at radius 3 is 3.10 bits per heavy atom. The van der Waals surface area contributed by atoms with Gasteiger partial charge in [0, 0.05) is 6.61 Å². The predicted molar refractivity (Wildman–Crippen MR) is 38.6 cm³/mol. The second-order valence-electron chi connectivity index (χ2n) is 1.99.